The van der Waals surface area contributed by atoms with Gasteiger partial charge in [0.05, 0.1) is 11.7 Å². The standard InChI is InChI=1S/C12H15N3O3/c1-6(13)11(16)14-8-3-4-10-9(5-8)15-12(17)7(2)18-10/h3-7H,13H2,1-2H3,(H,14,16)(H,15,17)/t6-,7?/m0/s1. The molecule has 1 aromatic rings. The maximum absolute atomic E-state index is 11.5. The molecule has 1 aromatic carbocycles. The summed E-state index contributed by atoms with van der Waals surface area (Å²) in [4.78, 5) is 22.9. The second-order valence-electron chi connectivity index (χ2n) is 4.24. The number of nitrogens with one attached hydrogen (secondary N) is 2. The highest BCUT2D eigenvalue weighted by Gasteiger charge is 2.23. The number of carbonyl (C=O) groups is 2. The molecule has 0 aromatic heterocycles. The Labute approximate surface area is 104 Å². The topological polar surface area (TPSA) is 93.4 Å². The lowest BCUT2D eigenvalue weighted by atomic mass is 10.2. The summed E-state index contributed by atoms with van der Waals surface area (Å²) in [6.45, 7) is 3.27. The smallest absolute Gasteiger partial charge is 0.265 e. The third-order valence-electron chi connectivity index (χ3n) is 2.59. The summed E-state index contributed by atoms with van der Waals surface area (Å²) in [5.41, 5.74) is 6.56. The molecule has 0 saturated heterocycles. The van der Waals surface area contributed by atoms with Crippen LogP contribution < -0.4 is 21.1 Å². The summed E-state index contributed by atoms with van der Waals surface area (Å²) in [5, 5.41) is 5.35. The first-order valence-electron chi connectivity index (χ1n) is 5.65. The van der Waals surface area contributed by atoms with Crippen LogP contribution in [0.3, 0.4) is 0 Å². The molecule has 1 aliphatic heterocycles. The Balaban J connectivity index is 2.20. The number of nitrogens with two attached hydrogens (primary N) is 1. The van der Waals surface area contributed by atoms with Gasteiger partial charge >= 0.3 is 0 Å². The molecule has 0 radical (unpaired) electrons. The number of fused-ring (bicyclic) bond motifs is 1. The van der Waals surface area contributed by atoms with Gasteiger partial charge in [-0.2, -0.15) is 0 Å². The summed E-state index contributed by atoms with van der Waals surface area (Å²) < 4.78 is 5.40. The van der Waals surface area contributed by atoms with Gasteiger partial charge in [-0.3, -0.25) is 9.59 Å². The first-order chi connectivity index (χ1) is 8.47. The van der Waals surface area contributed by atoms with Crippen LogP contribution >= 0.6 is 0 Å². The third-order valence-corrected chi connectivity index (χ3v) is 2.59. The highest BCUT2D eigenvalue weighted by Crippen LogP contribution is 2.32. The molecule has 1 heterocycles. The summed E-state index contributed by atoms with van der Waals surface area (Å²) in [6.07, 6.45) is -0.512. The van der Waals surface area contributed by atoms with E-state index in [2.05, 4.69) is 10.6 Å². The van der Waals surface area contributed by atoms with Gasteiger partial charge in [0.15, 0.2) is 6.10 Å². The lowest BCUT2D eigenvalue weighted by molar-refractivity contribution is -0.122. The number of hydrogen-bond donors (Lipinski definition) is 3. The molecule has 1 aliphatic rings. The van der Waals surface area contributed by atoms with Crippen LogP contribution in [0.25, 0.3) is 0 Å². The van der Waals surface area contributed by atoms with Crippen LogP contribution in [0, 0.1) is 0 Å². The molecule has 4 N–H and O–H groups in total. The predicted molar refractivity (Wildman–Crippen MR) is 67.4 cm³/mol. The van der Waals surface area contributed by atoms with Gasteiger partial charge in [-0.15, -0.1) is 0 Å². The maximum atomic E-state index is 11.5. The molecule has 96 valence electrons. The lowest BCUT2D eigenvalue weighted by Crippen LogP contribution is -2.35. The molecule has 6 heteroatoms. The van der Waals surface area contributed by atoms with Crippen molar-refractivity contribution in [2.45, 2.75) is 26.0 Å². The van der Waals surface area contributed by atoms with E-state index in [4.69, 9.17) is 10.5 Å². The Morgan fingerprint density at radius 3 is 2.94 bits per heavy atom. The molecule has 1 unspecified atom stereocenters. The van der Waals surface area contributed by atoms with Crippen molar-refractivity contribution in [3.63, 3.8) is 0 Å². The van der Waals surface area contributed by atoms with Gasteiger partial charge in [-0.1, -0.05) is 0 Å². The zero-order valence-electron chi connectivity index (χ0n) is 10.2. The first kappa shape index (κ1) is 12.4. The molecule has 6 nitrogen and oxygen atoms in total. The van der Waals surface area contributed by atoms with E-state index in [1.54, 1.807) is 32.0 Å². The molecule has 2 amide bonds. The van der Waals surface area contributed by atoms with E-state index in [9.17, 15) is 9.59 Å². The zero-order chi connectivity index (χ0) is 13.3. The van der Waals surface area contributed by atoms with Gasteiger partial charge < -0.3 is 21.1 Å². The highest BCUT2D eigenvalue weighted by molar-refractivity contribution is 5.99. The van der Waals surface area contributed by atoms with Gasteiger partial charge in [0.2, 0.25) is 5.91 Å². The molecule has 0 aliphatic carbocycles. The second-order valence-corrected chi connectivity index (χ2v) is 4.24. The molecule has 0 bridgehead atoms. The van der Waals surface area contributed by atoms with Crippen LogP contribution in [0.2, 0.25) is 0 Å². The van der Waals surface area contributed by atoms with E-state index in [0.717, 1.165) is 0 Å². The SMILES string of the molecule is CC1Oc2ccc(NC(=O)[C@H](C)N)cc2NC1=O. The van der Waals surface area contributed by atoms with Crippen molar-refractivity contribution in [2.75, 3.05) is 10.6 Å². The highest BCUT2D eigenvalue weighted by atomic mass is 16.5. The average Bonchev–Trinajstić information content (AvgIpc) is 2.31. The molecule has 0 saturated carbocycles. The summed E-state index contributed by atoms with van der Waals surface area (Å²) in [7, 11) is 0. The normalized spacial score (nSPS) is 19.3. The zero-order valence-corrected chi connectivity index (χ0v) is 10.2. The van der Waals surface area contributed by atoms with E-state index in [1.807, 2.05) is 0 Å². The molecule has 0 spiro atoms. The van der Waals surface area contributed by atoms with E-state index in [1.165, 1.54) is 0 Å². The third kappa shape index (κ3) is 2.43. The van der Waals surface area contributed by atoms with E-state index < -0.39 is 12.1 Å². The summed E-state index contributed by atoms with van der Waals surface area (Å²) >= 11 is 0. The van der Waals surface area contributed by atoms with Gasteiger partial charge in [0.25, 0.3) is 5.91 Å². The Bertz CT molecular complexity index is 499. The van der Waals surface area contributed by atoms with Crippen molar-refractivity contribution in [1.29, 1.82) is 0 Å². The summed E-state index contributed by atoms with van der Waals surface area (Å²) in [5.74, 6) is 0.0884. The minimum absolute atomic E-state index is 0.210. The number of hydrogen-bond acceptors (Lipinski definition) is 4. The van der Waals surface area contributed by atoms with Crippen molar-refractivity contribution < 1.29 is 14.3 Å². The number of rotatable bonds is 2. The molecular formula is C12H15N3O3. The lowest BCUT2D eigenvalue weighted by Gasteiger charge is -2.23. The Hall–Kier alpha value is -2.08. The molecule has 0 fully saturated rings. The quantitative estimate of drug-likeness (QED) is 0.719. The fourth-order valence-electron chi connectivity index (χ4n) is 1.54. The summed E-state index contributed by atoms with van der Waals surface area (Å²) in [6, 6.07) is 4.44. The fraction of sp³-hybridized carbons (Fsp3) is 0.333. The van der Waals surface area contributed by atoms with Crippen molar-refractivity contribution >= 4 is 23.2 Å². The second kappa shape index (κ2) is 4.66. The van der Waals surface area contributed by atoms with Crippen LogP contribution in [0.15, 0.2) is 18.2 Å². The Morgan fingerprint density at radius 1 is 1.56 bits per heavy atom. The van der Waals surface area contributed by atoms with Gasteiger partial charge in [0.1, 0.15) is 5.75 Å². The van der Waals surface area contributed by atoms with E-state index in [-0.39, 0.29) is 11.8 Å². The molecule has 2 atom stereocenters. The van der Waals surface area contributed by atoms with E-state index in [0.29, 0.717) is 17.1 Å². The van der Waals surface area contributed by atoms with Crippen LogP contribution in [-0.2, 0) is 9.59 Å². The molecule has 18 heavy (non-hydrogen) atoms. The van der Waals surface area contributed by atoms with E-state index >= 15 is 0 Å². The first-order valence-corrected chi connectivity index (χ1v) is 5.65. The maximum Gasteiger partial charge on any atom is 0.265 e. The van der Waals surface area contributed by atoms with Gasteiger partial charge in [-0.05, 0) is 32.0 Å². The predicted octanol–water partition coefficient (Wildman–Crippen LogP) is 0.692. The van der Waals surface area contributed by atoms with Crippen molar-refractivity contribution in [3.8, 4) is 5.75 Å². The molecule has 2 rings (SSSR count). The fourth-order valence-corrected chi connectivity index (χ4v) is 1.54. The number of carbonyl (C=O) groups excluding carboxylic acids is 2. The van der Waals surface area contributed by atoms with Gasteiger partial charge in [0, 0.05) is 5.69 Å². The number of anilines is 2. The van der Waals surface area contributed by atoms with Gasteiger partial charge in [-0.25, -0.2) is 0 Å². The molecular weight excluding hydrogens is 234 g/mol. The minimum atomic E-state index is -0.591. The van der Waals surface area contributed by atoms with Crippen molar-refractivity contribution in [3.05, 3.63) is 18.2 Å². The van der Waals surface area contributed by atoms with Crippen LogP contribution in [0.1, 0.15) is 13.8 Å². The largest absolute Gasteiger partial charge is 0.479 e. The van der Waals surface area contributed by atoms with Crippen LogP contribution in [0.5, 0.6) is 5.75 Å². The van der Waals surface area contributed by atoms with Crippen LogP contribution in [0.4, 0.5) is 11.4 Å². The Morgan fingerprint density at radius 2 is 2.28 bits per heavy atom. The number of ether oxygens (including phenoxy) is 1. The Kier molecular flexibility index (Phi) is 3.20. The number of benzene rings is 1. The van der Waals surface area contributed by atoms with Crippen molar-refractivity contribution in [1.82, 2.24) is 0 Å². The van der Waals surface area contributed by atoms with Crippen molar-refractivity contribution in [2.24, 2.45) is 5.73 Å². The average molecular weight is 249 g/mol. The minimum Gasteiger partial charge on any atom is -0.479 e. The number of amides is 2. The van der Waals surface area contributed by atoms with Crippen LogP contribution in [-0.4, -0.2) is 24.0 Å². The monoisotopic (exact) mass is 249 g/mol.